The minimum atomic E-state index is 0.0374. The molecule has 13 aromatic carbocycles. The van der Waals surface area contributed by atoms with Gasteiger partial charge in [0, 0.05) is 104 Å². The van der Waals surface area contributed by atoms with Crippen LogP contribution in [0, 0.1) is 62.3 Å². The van der Waals surface area contributed by atoms with Gasteiger partial charge in [-0.25, -0.2) is 4.68 Å². The molecule has 14 heteroatoms. The molecule has 9 heterocycles. The second-order valence-corrected chi connectivity index (χ2v) is 34.7. The molecule has 0 fully saturated rings. The third kappa shape index (κ3) is 25.1. The van der Waals surface area contributed by atoms with Crippen LogP contribution in [0.15, 0.2) is 461 Å². The molecule has 0 amide bonds. The van der Waals surface area contributed by atoms with Crippen molar-refractivity contribution in [3.05, 3.63) is 510 Å². The second kappa shape index (κ2) is 46.3. The quantitative estimate of drug-likeness (QED) is 0.137. The molecule has 0 N–H and O–H groups in total. The first kappa shape index (κ1) is 91.7. The third-order valence-corrected chi connectivity index (χ3v) is 24.2. The lowest BCUT2D eigenvalue weighted by molar-refractivity contribution is 0.696. The molecule has 21 aromatic rings. The topological polar surface area (TPSA) is 137 Å². The molecule has 23 rings (SSSR count). The molecule has 652 valence electrons. The number of aryl methyl sites for hydroxylation is 9. The molecule has 133 heavy (non-hydrogen) atoms. The number of anilines is 1. The minimum absolute atomic E-state index is 0.0374. The summed E-state index contributed by atoms with van der Waals surface area (Å²) in [6.07, 6.45) is 17.9. The van der Waals surface area contributed by atoms with Gasteiger partial charge < -0.3 is 4.90 Å². The first-order valence-electron chi connectivity index (χ1n) is 44.4. The SMILES string of the molecule is Cc1cc(-c2ccccc2)nn1-c1ccccc1.Cc1cc2ccccc2s1.Cc1ccc(-c2ccccc2)nn1.Cc1ccc(-c2ccccc2)s1.Cc1ccc(-c2cncc3ccccc23)cc1.Cc1ccc(C2N=C3C=CC=CC3N2c2ccccc2)cc1.Cc1cnnc(-c2ccccc2)c1.Cc1ncc(-c2ccccc2)c2ccccc12.Cc1nncc2ccccc12. The van der Waals surface area contributed by atoms with E-state index in [9.17, 15) is 0 Å². The van der Waals surface area contributed by atoms with Gasteiger partial charge in [-0.3, -0.25) is 15.0 Å². The van der Waals surface area contributed by atoms with E-state index in [0.717, 1.165) is 78.9 Å². The summed E-state index contributed by atoms with van der Waals surface area (Å²) in [6.45, 7) is 18.5. The van der Waals surface area contributed by atoms with E-state index in [2.05, 4.69) is 365 Å². The van der Waals surface area contributed by atoms with Gasteiger partial charge in [-0.15, -0.1) is 22.7 Å². The number of hydrogen-bond donors (Lipinski definition) is 0. The molecule has 0 spiro atoms. The fourth-order valence-corrected chi connectivity index (χ4v) is 17.1. The van der Waals surface area contributed by atoms with Crippen LogP contribution in [0.25, 0.3) is 115 Å². The highest BCUT2D eigenvalue weighted by atomic mass is 32.1. The third-order valence-electron chi connectivity index (χ3n) is 22.1. The van der Waals surface area contributed by atoms with Crippen LogP contribution in [0.3, 0.4) is 0 Å². The predicted molar refractivity (Wildman–Crippen MR) is 560 cm³/mol. The maximum Gasteiger partial charge on any atom is 0.148 e. The van der Waals surface area contributed by atoms with Crippen molar-refractivity contribution in [2.75, 3.05) is 4.90 Å². The van der Waals surface area contributed by atoms with Crippen molar-refractivity contribution >= 4 is 76.5 Å². The van der Waals surface area contributed by atoms with Crippen LogP contribution in [0.4, 0.5) is 5.69 Å². The van der Waals surface area contributed by atoms with Crippen LogP contribution in [0.2, 0.25) is 0 Å². The number of para-hydroxylation sites is 2. The average Bonchev–Trinajstić information content (AvgIpc) is 1.70. The number of allylic oxidation sites excluding steroid dienone is 2. The highest BCUT2D eigenvalue weighted by Gasteiger charge is 2.35. The summed E-state index contributed by atoms with van der Waals surface area (Å²) in [6, 6.07) is 137. The molecule has 0 saturated heterocycles. The number of aliphatic imine (C=N–C) groups is 1. The van der Waals surface area contributed by atoms with Gasteiger partial charge in [-0.1, -0.05) is 357 Å². The number of fused-ring (bicyclic) bond motifs is 5. The average molecular weight is 1770 g/mol. The van der Waals surface area contributed by atoms with E-state index < -0.39 is 0 Å². The van der Waals surface area contributed by atoms with Crippen molar-refractivity contribution in [1.29, 1.82) is 0 Å². The van der Waals surface area contributed by atoms with Gasteiger partial charge in [-0.05, 0) is 185 Å². The van der Waals surface area contributed by atoms with Crippen LogP contribution >= 0.6 is 22.7 Å². The standard InChI is InChI=1S/C20H18N2.C16H14N2.2C16H13N.2C11H10N2.C11H10S.C9H8N2.C9H8S/c1-15-11-13-16(14-12-15)20-21-18-9-5-6-10-19(18)22(20)17-7-3-2-4-8-17;1-13-12-16(14-8-4-2-5-9-14)17-18(13)15-10-6-3-7-11-15;1-12-14-9-5-6-10-15(14)16(11-17-12)13-7-3-2-4-8-13;1-12-6-8-13(9-7-12)16-11-17-10-14-4-2-3-5-15(14)16;1-9-7-11(13-12-8-9)10-5-3-2-4-6-10;1-9-7-8-11(13-12-9)10-5-3-2-4-6-10;1-9-7-8-11(12-9)10-5-3-2-4-6-10;1-7-9-5-3-2-4-8(9)6-10-11-7;1-7-6-8-4-2-3-5-9(8)10-7/h2-14,19-20H,1H3;2-12H,1H3;2*2-11H,1H3;2*2-8H,1H3;2-8H,1H3;2-6H,1H3;2-6H,1H3. The molecule has 12 nitrogen and oxygen atoms in total. The number of nitrogens with zero attached hydrogens (tertiary/aromatic N) is 12. The van der Waals surface area contributed by atoms with Crippen molar-refractivity contribution in [1.82, 2.24) is 50.3 Å². The number of hydrogen-bond acceptors (Lipinski definition) is 13. The fourth-order valence-electron chi connectivity index (χ4n) is 15.3. The smallest absolute Gasteiger partial charge is 0.148 e. The fraction of sp³-hybridized carbons (Fsp3) is 0.0924. The molecule has 0 radical (unpaired) electrons. The molecule has 8 aromatic heterocycles. The number of aromatic nitrogens is 10. The summed E-state index contributed by atoms with van der Waals surface area (Å²) >= 11 is 3.69. The Kier molecular flexibility index (Phi) is 31.9. The Morgan fingerprint density at radius 1 is 0.308 bits per heavy atom. The van der Waals surface area contributed by atoms with Crippen LogP contribution in [0.1, 0.15) is 60.9 Å². The van der Waals surface area contributed by atoms with E-state index in [-0.39, 0.29) is 12.2 Å². The van der Waals surface area contributed by atoms with Gasteiger partial charge in [0.2, 0.25) is 0 Å². The zero-order valence-corrected chi connectivity index (χ0v) is 77.8. The Bertz CT molecular complexity index is 7290. The first-order valence-corrected chi connectivity index (χ1v) is 46.1. The first-order chi connectivity index (χ1) is 65.2. The molecule has 0 saturated carbocycles. The minimum Gasteiger partial charge on any atom is -0.334 e. The van der Waals surface area contributed by atoms with Crippen LogP contribution in [-0.4, -0.2) is 62.1 Å². The highest BCUT2D eigenvalue weighted by molar-refractivity contribution is 7.19. The van der Waals surface area contributed by atoms with Crippen molar-refractivity contribution in [2.45, 2.75) is 74.5 Å². The van der Waals surface area contributed by atoms with Crippen LogP contribution < -0.4 is 4.90 Å². The predicted octanol–water partition coefficient (Wildman–Crippen LogP) is 30.5. The Morgan fingerprint density at radius 3 is 1.41 bits per heavy atom. The monoisotopic (exact) mass is 1760 g/mol. The van der Waals surface area contributed by atoms with E-state index in [1.165, 1.54) is 102 Å². The molecule has 2 aliphatic rings. The molecule has 2 atom stereocenters. The number of pyridine rings is 2. The maximum absolute atomic E-state index is 4.97. The van der Waals surface area contributed by atoms with Gasteiger partial charge in [0.25, 0.3) is 0 Å². The lowest BCUT2D eigenvalue weighted by atomic mass is 10.00. The summed E-state index contributed by atoms with van der Waals surface area (Å²) in [5, 5.41) is 37.2. The zero-order chi connectivity index (χ0) is 91.9. The van der Waals surface area contributed by atoms with E-state index in [1.54, 1.807) is 12.4 Å². The largest absolute Gasteiger partial charge is 0.334 e. The Hall–Kier alpha value is -16.0. The van der Waals surface area contributed by atoms with Crippen LogP contribution in [-0.2, 0) is 0 Å². The van der Waals surface area contributed by atoms with E-state index in [1.807, 2.05) is 218 Å². The molecule has 1 aliphatic heterocycles. The summed E-state index contributed by atoms with van der Waals surface area (Å²) in [4.78, 5) is 20.3. The Labute approximate surface area is 788 Å². The van der Waals surface area contributed by atoms with Gasteiger partial charge >= 0.3 is 0 Å². The number of rotatable bonds is 9. The summed E-state index contributed by atoms with van der Waals surface area (Å²) in [5.74, 6) is 0. The zero-order valence-electron chi connectivity index (χ0n) is 76.1. The summed E-state index contributed by atoms with van der Waals surface area (Å²) in [7, 11) is 0. The molecule has 0 bridgehead atoms. The van der Waals surface area contributed by atoms with Gasteiger partial charge in [0.1, 0.15) is 6.17 Å². The van der Waals surface area contributed by atoms with Gasteiger partial charge in [0.05, 0.1) is 58.3 Å². The van der Waals surface area contributed by atoms with Crippen molar-refractivity contribution < 1.29 is 0 Å². The molecule has 2 unspecified atom stereocenters. The van der Waals surface area contributed by atoms with Crippen molar-refractivity contribution in [2.24, 2.45) is 4.99 Å². The second-order valence-electron chi connectivity index (χ2n) is 32.1. The van der Waals surface area contributed by atoms with Crippen molar-refractivity contribution in [3.63, 3.8) is 0 Å². The lowest BCUT2D eigenvalue weighted by Gasteiger charge is -2.31. The van der Waals surface area contributed by atoms with Gasteiger partial charge in [0.15, 0.2) is 0 Å². The maximum atomic E-state index is 4.97. The lowest BCUT2D eigenvalue weighted by Crippen LogP contribution is -2.35. The van der Waals surface area contributed by atoms with Crippen molar-refractivity contribution in [3.8, 4) is 72.2 Å². The molecular formula is C119H104N12S2. The number of thiophene rings is 2. The van der Waals surface area contributed by atoms with Gasteiger partial charge in [-0.2, -0.15) is 35.7 Å². The number of benzene rings is 13. The summed E-state index contributed by atoms with van der Waals surface area (Å²) in [5.41, 5.74) is 24.9. The van der Waals surface area contributed by atoms with E-state index >= 15 is 0 Å². The highest BCUT2D eigenvalue weighted by Crippen LogP contribution is 2.39. The Morgan fingerprint density at radius 2 is 0.820 bits per heavy atom. The van der Waals surface area contributed by atoms with Crippen LogP contribution in [0.5, 0.6) is 0 Å². The van der Waals surface area contributed by atoms with E-state index in [4.69, 9.17) is 4.99 Å². The van der Waals surface area contributed by atoms with E-state index in [0.29, 0.717) is 0 Å². The summed E-state index contributed by atoms with van der Waals surface area (Å²) < 4.78 is 3.36. The molecule has 1 aliphatic carbocycles. The molecular weight excluding hydrogens is 1660 g/mol. The Balaban J connectivity index is 0.000000115. The normalized spacial score (nSPS) is 12.4.